The third-order valence-electron chi connectivity index (χ3n) is 3.91. The maximum absolute atomic E-state index is 12.4. The molecule has 128 valence electrons. The summed E-state index contributed by atoms with van der Waals surface area (Å²) >= 11 is 0. The van der Waals surface area contributed by atoms with Crippen molar-refractivity contribution in [1.29, 1.82) is 0 Å². The summed E-state index contributed by atoms with van der Waals surface area (Å²) in [5.74, 6) is -1.54. The molecule has 1 unspecified atom stereocenters. The van der Waals surface area contributed by atoms with Gasteiger partial charge in [0.25, 0.3) is 5.91 Å². The number of carbonyl (C=O) groups excluding carboxylic acids is 1. The zero-order valence-corrected chi connectivity index (χ0v) is 12.4. The molecule has 0 aromatic carbocycles. The molecular weight excluding hydrogens is 317 g/mol. The van der Waals surface area contributed by atoms with Gasteiger partial charge in [-0.2, -0.15) is 13.2 Å². The minimum absolute atomic E-state index is 0.0614. The molecule has 1 atom stereocenters. The van der Waals surface area contributed by atoms with Crippen molar-refractivity contribution in [3.05, 3.63) is 11.8 Å². The van der Waals surface area contributed by atoms with Crippen molar-refractivity contribution in [3.63, 3.8) is 0 Å². The van der Waals surface area contributed by atoms with Crippen LogP contribution in [0.3, 0.4) is 0 Å². The van der Waals surface area contributed by atoms with E-state index in [2.05, 4.69) is 14.6 Å². The van der Waals surface area contributed by atoms with E-state index in [1.807, 2.05) is 0 Å². The Morgan fingerprint density at radius 2 is 1.96 bits per heavy atom. The molecule has 0 radical (unpaired) electrons. The summed E-state index contributed by atoms with van der Waals surface area (Å²) in [4.78, 5) is 15.9. The summed E-state index contributed by atoms with van der Waals surface area (Å²) in [5, 5.41) is 6.40. The van der Waals surface area contributed by atoms with Gasteiger partial charge in [-0.3, -0.25) is 9.69 Å². The number of likely N-dealkylation sites (tertiary alicyclic amines) is 1. The summed E-state index contributed by atoms with van der Waals surface area (Å²) in [5.41, 5.74) is 0. The van der Waals surface area contributed by atoms with Crippen molar-refractivity contribution in [2.45, 2.75) is 31.7 Å². The van der Waals surface area contributed by atoms with E-state index in [1.165, 1.54) is 0 Å². The first-order valence-corrected chi connectivity index (χ1v) is 7.46. The van der Waals surface area contributed by atoms with Crippen molar-refractivity contribution >= 4 is 5.91 Å². The Morgan fingerprint density at radius 3 is 2.61 bits per heavy atom. The summed E-state index contributed by atoms with van der Waals surface area (Å²) in [6, 6.07) is 0. The fourth-order valence-electron chi connectivity index (χ4n) is 2.76. The number of aromatic nitrogens is 2. The number of halogens is 3. The van der Waals surface area contributed by atoms with E-state index >= 15 is 0 Å². The molecule has 0 spiro atoms. The predicted molar refractivity (Wildman–Crippen MR) is 70.1 cm³/mol. The highest BCUT2D eigenvalue weighted by molar-refractivity contribution is 5.81. The number of rotatable bonds is 3. The van der Waals surface area contributed by atoms with Crippen molar-refractivity contribution in [1.82, 2.24) is 20.0 Å². The van der Waals surface area contributed by atoms with Crippen molar-refractivity contribution < 1.29 is 27.1 Å². The first-order chi connectivity index (χ1) is 10.9. The smallest absolute Gasteiger partial charge is 0.416 e. The third-order valence-corrected chi connectivity index (χ3v) is 3.91. The van der Waals surface area contributed by atoms with Crippen molar-refractivity contribution in [2.24, 2.45) is 0 Å². The molecule has 0 bridgehead atoms. The second-order valence-corrected chi connectivity index (χ2v) is 5.63. The van der Waals surface area contributed by atoms with Crippen LogP contribution < -0.4 is 0 Å². The normalized spacial score (nSPS) is 23.4. The molecule has 0 aliphatic carbocycles. The van der Waals surface area contributed by atoms with Gasteiger partial charge in [0.05, 0.1) is 13.2 Å². The molecule has 3 rings (SSSR count). The number of nitrogens with zero attached hydrogens (tertiary/aromatic N) is 4. The molecule has 2 fully saturated rings. The molecule has 2 aliphatic heterocycles. The average molecular weight is 334 g/mol. The fraction of sp³-hybridized carbons (Fsp3) is 0.769. The lowest BCUT2D eigenvalue weighted by Gasteiger charge is -2.33. The third kappa shape index (κ3) is 3.81. The molecular formula is C13H17F3N4O3. The topological polar surface area (TPSA) is 71.7 Å². The lowest BCUT2D eigenvalue weighted by molar-refractivity contribution is -0.157. The molecule has 3 heterocycles. The molecule has 2 aliphatic rings. The standard InChI is InChI=1S/C13H17F3N4O3/c14-13(15,16)12-18-17-10(23-12)8-19-5-6-22-9(7-19)11(21)20-3-1-2-4-20/h9H,1-8H2. The van der Waals surface area contributed by atoms with Crippen molar-refractivity contribution in [2.75, 3.05) is 32.8 Å². The molecule has 23 heavy (non-hydrogen) atoms. The van der Waals surface area contributed by atoms with E-state index in [1.54, 1.807) is 9.80 Å². The maximum atomic E-state index is 12.4. The summed E-state index contributed by atoms with van der Waals surface area (Å²) < 4.78 is 47.4. The molecule has 1 aromatic heterocycles. The van der Waals surface area contributed by atoms with Crippen LogP contribution in [-0.2, 0) is 22.3 Å². The van der Waals surface area contributed by atoms with Crippen molar-refractivity contribution in [3.8, 4) is 0 Å². The number of amides is 1. The Kier molecular flexibility index (Phi) is 4.53. The van der Waals surface area contributed by atoms with E-state index in [0.29, 0.717) is 19.7 Å². The minimum atomic E-state index is -4.65. The Bertz CT molecular complexity index is 557. The maximum Gasteiger partial charge on any atom is 0.470 e. The second-order valence-electron chi connectivity index (χ2n) is 5.63. The Balaban J connectivity index is 1.58. The van der Waals surface area contributed by atoms with Crippen LogP contribution in [0.5, 0.6) is 0 Å². The van der Waals surface area contributed by atoms with E-state index in [4.69, 9.17) is 4.74 Å². The zero-order chi connectivity index (χ0) is 16.4. The first kappa shape index (κ1) is 16.2. The van der Waals surface area contributed by atoms with E-state index in [9.17, 15) is 18.0 Å². The summed E-state index contributed by atoms with van der Waals surface area (Å²) in [6.45, 7) is 2.67. The van der Waals surface area contributed by atoms with Gasteiger partial charge in [0.15, 0.2) is 0 Å². The summed E-state index contributed by atoms with van der Waals surface area (Å²) in [7, 11) is 0. The molecule has 10 heteroatoms. The van der Waals surface area contributed by atoms with Gasteiger partial charge >= 0.3 is 12.1 Å². The lowest BCUT2D eigenvalue weighted by Crippen LogP contribution is -2.50. The van der Waals surface area contributed by atoms with Gasteiger partial charge in [-0.15, -0.1) is 10.2 Å². The van der Waals surface area contributed by atoms with Gasteiger partial charge in [0.1, 0.15) is 6.10 Å². The molecule has 7 nitrogen and oxygen atoms in total. The van der Waals surface area contributed by atoms with Crippen LogP contribution in [0.25, 0.3) is 0 Å². The van der Waals surface area contributed by atoms with Gasteiger partial charge in [-0.05, 0) is 12.8 Å². The highest BCUT2D eigenvalue weighted by Gasteiger charge is 2.38. The van der Waals surface area contributed by atoms with Crippen LogP contribution in [-0.4, -0.2) is 64.8 Å². The Hall–Kier alpha value is -1.68. The molecule has 0 N–H and O–H groups in total. The van der Waals surface area contributed by atoms with Gasteiger partial charge in [0.2, 0.25) is 5.89 Å². The van der Waals surface area contributed by atoms with Crippen LogP contribution in [0.2, 0.25) is 0 Å². The summed E-state index contributed by atoms with van der Waals surface area (Å²) in [6.07, 6.45) is -3.26. The molecule has 1 amide bonds. The van der Waals surface area contributed by atoms with Crippen LogP contribution >= 0.6 is 0 Å². The molecule has 2 saturated heterocycles. The lowest BCUT2D eigenvalue weighted by atomic mass is 10.2. The average Bonchev–Trinajstić information content (AvgIpc) is 3.17. The fourth-order valence-corrected chi connectivity index (χ4v) is 2.76. The minimum Gasteiger partial charge on any atom is -0.416 e. The highest BCUT2D eigenvalue weighted by atomic mass is 19.4. The van der Waals surface area contributed by atoms with E-state index < -0.39 is 18.2 Å². The van der Waals surface area contributed by atoms with Crippen LogP contribution in [0.1, 0.15) is 24.6 Å². The Morgan fingerprint density at radius 1 is 1.22 bits per heavy atom. The van der Waals surface area contributed by atoms with Crippen LogP contribution in [0.15, 0.2) is 4.42 Å². The number of carbonyl (C=O) groups is 1. The molecule has 1 aromatic rings. The number of hydrogen-bond donors (Lipinski definition) is 0. The van der Waals surface area contributed by atoms with Gasteiger partial charge in [-0.1, -0.05) is 0 Å². The number of alkyl halides is 3. The quantitative estimate of drug-likeness (QED) is 0.818. The second kappa shape index (κ2) is 6.44. The largest absolute Gasteiger partial charge is 0.470 e. The predicted octanol–water partition coefficient (Wildman–Crippen LogP) is 0.912. The van der Waals surface area contributed by atoms with Gasteiger partial charge < -0.3 is 14.1 Å². The van der Waals surface area contributed by atoms with E-state index in [-0.39, 0.29) is 18.3 Å². The van der Waals surface area contributed by atoms with Crippen LogP contribution in [0, 0.1) is 0 Å². The van der Waals surface area contributed by atoms with Gasteiger partial charge in [0, 0.05) is 26.2 Å². The number of hydrogen-bond acceptors (Lipinski definition) is 6. The van der Waals surface area contributed by atoms with Crippen LogP contribution in [0.4, 0.5) is 13.2 Å². The molecule has 0 saturated carbocycles. The first-order valence-electron chi connectivity index (χ1n) is 7.46. The number of morpholine rings is 1. The monoisotopic (exact) mass is 334 g/mol. The van der Waals surface area contributed by atoms with E-state index in [0.717, 1.165) is 25.9 Å². The SMILES string of the molecule is O=C(C1CN(Cc2nnc(C(F)(F)F)o2)CCO1)N1CCCC1. The zero-order valence-electron chi connectivity index (χ0n) is 12.4. The Labute approximate surface area is 130 Å². The number of ether oxygens (including phenoxy) is 1. The van der Waals surface area contributed by atoms with Gasteiger partial charge in [-0.25, -0.2) is 0 Å². The highest BCUT2D eigenvalue weighted by Crippen LogP contribution is 2.28.